The van der Waals surface area contributed by atoms with Crippen molar-refractivity contribution < 1.29 is 45.5 Å². The van der Waals surface area contributed by atoms with Crippen LogP contribution < -0.4 is 0 Å². The van der Waals surface area contributed by atoms with Gasteiger partial charge in [-0.2, -0.15) is 0 Å². The maximum atomic E-state index is 9.74. The fourth-order valence-corrected chi connectivity index (χ4v) is 5.93. The zero-order valence-electron chi connectivity index (χ0n) is 54.4. The summed E-state index contributed by atoms with van der Waals surface area (Å²) >= 11 is 0. The Labute approximate surface area is 326 Å². The Balaban J connectivity index is 1.53. The normalized spacial score (nSPS) is 20.2. The summed E-state index contributed by atoms with van der Waals surface area (Å²) in [5.74, 6) is 0. The van der Waals surface area contributed by atoms with Gasteiger partial charge >= 0.3 is 0 Å². The van der Waals surface area contributed by atoms with Crippen molar-refractivity contribution in [3.05, 3.63) is 181 Å². The minimum absolute atomic E-state index is 0.463. The first-order chi connectivity index (χ1) is 36.8. The van der Waals surface area contributed by atoms with Crippen molar-refractivity contribution in [3.8, 4) is 44.5 Å². The SMILES string of the molecule is [2H]c1c([2H])c([2H])c(-c2c([2H])c([2H])c([2H])c([2H])c2-c2c([2H])c([2H])c([2H])c3c(-c4c5c([2H])c([2H])c([2H])c([2H])c5c(-c5c([2H])c([2H])c6oc7c([2H])c([2H])c([2H])c([2H])c7c6c5[2H])c5c([2H])c([2H])c([2H])c([2H])c45)c([2H])c([2H])c([2H])c23)c([2H])c1[2H]. The van der Waals surface area contributed by atoms with Crippen LogP contribution in [-0.2, 0) is 0 Å². The zero-order valence-corrected chi connectivity index (χ0v) is 24.4. The van der Waals surface area contributed by atoms with Gasteiger partial charge in [-0.15, -0.1) is 0 Å². The Bertz CT molecular complexity index is 4490. The average molecular weight is 653 g/mol. The van der Waals surface area contributed by atoms with Crippen molar-refractivity contribution in [2.24, 2.45) is 0 Å². The third kappa shape index (κ3) is 4.33. The second-order valence-electron chi connectivity index (χ2n) is 10.5. The molecule has 1 nitrogen and oxygen atoms in total. The summed E-state index contributed by atoms with van der Waals surface area (Å²) in [6, 6.07) is -30.1. The smallest absolute Gasteiger partial charge is 0.135 e. The van der Waals surface area contributed by atoms with Crippen LogP contribution in [0.1, 0.15) is 41.1 Å². The molecule has 0 fully saturated rings. The minimum atomic E-state index is -1.15. The number of rotatable bonds is 4. The molecule has 1 heterocycles. The Hall–Kier alpha value is -6.44. The fourth-order valence-electron chi connectivity index (χ4n) is 5.93. The van der Waals surface area contributed by atoms with Crippen molar-refractivity contribution in [3.63, 3.8) is 0 Å². The number of hydrogen-bond donors (Lipinski definition) is 0. The van der Waals surface area contributed by atoms with Crippen LogP contribution in [0.25, 0.3) is 98.8 Å². The molecule has 0 saturated carbocycles. The van der Waals surface area contributed by atoms with Gasteiger partial charge in [0.15, 0.2) is 0 Å². The second kappa shape index (κ2) is 11.1. The Morgan fingerprint density at radius 2 is 0.776 bits per heavy atom. The van der Waals surface area contributed by atoms with E-state index >= 15 is 0 Å². The minimum Gasteiger partial charge on any atom is -0.456 e. The standard InChI is InChI=1S/C48H30O/c1-2-14-31(15-3-1)33-16-4-5-17-34(33)35-23-12-25-37-36(35)24-13-26-39(37)48-42-21-8-6-19-40(42)47(41-20-7-9-22-43(41)48)32-28-29-46-44(30-32)38-18-10-11-27-45(38)49-46/h1-30H/i1D,2D,3D,4D,5D,6D,7D,8D,9D,10D,11D,12D,13D,14D,15D,16D,17D,18D,19D,20D,21D,22D,23D,24D,25D,26D,27D,28D,29D,30D. The fraction of sp³-hybridized carbons (Fsp3) is 0. The van der Waals surface area contributed by atoms with Crippen LogP contribution in [0.2, 0.25) is 0 Å². The molecule has 0 N–H and O–H groups in total. The topological polar surface area (TPSA) is 13.1 Å². The molecule has 0 radical (unpaired) electrons. The molecule has 49 heavy (non-hydrogen) atoms. The highest BCUT2D eigenvalue weighted by molar-refractivity contribution is 6.24. The first-order valence-corrected chi connectivity index (χ1v) is 14.4. The highest BCUT2D eigenvalue weighted by atomic mass is 16.3. The van der Waals surface area contributed by atoms with Gasteiger partial charge in [0.1, 0.15) is 11.2 Å². The van der Waals surface area contributed by atoms with Gasteiger partial charge in [-0.25, -0.2) is 0 Å². The lowest BCUT2D eigenvalue weighted by Gasteiger charge is -2.20. The van der Waals surface area contributed by atoms with Crippen LogP contribution in [0.15, 0.2) is 186 Å². The number of benzene rings is 9. The van der Waals surface area contributed by atoms with Gasteiger partial charge in [0.2, 0.25) is 0 Å². The number of fused-ring (bicyclic) bond motifs is 6. The molecule has 0 aliphatic heterocycles. The zero-order chi connectivity index (χ0) is 58.4. The molecule has 0 aliphatic rings. The van der Waals surface area contributed by atoms with Crippen LogP contribution in [0, 0.1) is 0 Å². The van der Waals surface area contributed by atoms with E-state index in [9.17, 15) is 19.2 Å². The van der Waals surface area contributed by atoms with Gasteiger partial charge in [0.05, 0.1) is 41.1 Å². The molecule has 10 rings (SSSR count). The van der Waals surface area contributed by atoms with Crippen molar-refractivity contribution in [1.82, 2.24) is 0 Å². The van der Waals surface area contributed by atoms with Gasteiger partial charge in [0, 0.05) is 10.8 Å². The molecule has 0 bridgehead atoms. The molecule has 1 aromatic heterocycles. The third-order valence-corrected chi connectivity index (χ3v) is 7.95. The molecule has 0 unspecified atom stereocenters. The molecule has 0 saturated heterocycles. The molecule has 9 aromatic carbocycles. The first-order valence-electron chi connectivity index (χ1n) is 29.4. The summed E-state index contributed by atoms with van der Waals surface area (Å²) in [6.07, 6.45) is 0. The lowest BCUT2D eigenvalue weighted by atomic mass is 9.83. The molecule has 0 atom stereocenters. The van der Waals surface area contributed by atoms with Crippen molar-refractivity contribution in [2.75, 3.05) is 0 Å². The van der Waals surface area contributed by atoms with Crippen LogP contribution >= 0.6 is 0 Å². The first kappa shape index (κ1) is 11.1. The van der Waals surface area contributed by atoms with E-state index in [0.717, 1.165) is 0 Å². The van der Waals surface area contributed by atoms with E-state index in [1.54, 1.807) is 0 Å². The van der Waals surface area contributed by atoms with Gasteiger partial charge in [-0.1, -0.05) is 163 Å². The van der Waals surface area contributed by atoms with Crippen LogP contribution in [0.5, 0.6) is 0 Å². The second-order valence-corrected chi connectivity index (χ2v) is 10.5. The predicted molar refractivity (Wildman–Crippen MR) is 208 cm³/mol. The summed E-state index contributed by atoms with van der Waals surface area (Å²) in [6.45, 7) is 0. The van der Waals surface area contributed by atoms with Gasteiger partial charge in [-0.3, -0.25) is 0 Å². The summed E-state index contributed by atoms with van der Waals surface area (Å²) < 4.78 is 277. The molecule has 0 spiro atoms. The summed E-state index contributed by atoms with van der Waals surface area (Å²) in [5, 5.41) is -5.94. The van der Waals surface area contributed by atoms with Crippen molar-refractivity contribution in [2.45, 2.75) is 0 Å². The quantitative estimate of drug-likeness (QED) is 0.172. The predicted octanol–water partition coefficient (Wildman–Crippen LogP) is 13.7. The molecule has 10 aromatic rings. The van der Waals surface area contributed by atoms with Crippen LogP contribution in [0.3, 0.4) is 0 Å². The van der Waals surface area contributed by atoms with E-state index < -0.39 is 280 Å². The molecule has 228 valence electrons. The summed E-state index contributed by atoms with van der Waals surface area (Å²) in [7, 11) is 0. The molecule has 0 amide bonds. The molecule has 0 aliphatic carbocycles. The maximum Gasteiger partial charge on any atom is 0.135 e. The Morgan fingerprint density at radius 1 is 0.286 bits per heavy atom. The molecule has 1 heteroatoms. The van der Waals surface area contributed by atoms with Crippen LogP contribution in [-0.4, -0.2) is 0 Å². The Morgan fingerprint density at radius 3 is 1.49 bits per heavy atom. The lowest BCUT2D eigenvalue weighted by molar-refractivity contribution is 0.669. The number of para-hydroxylation sites is 1. The summed E-state index contributed by atoms with van der Waals surface area (Å²) in [5.41, 5.74) is -7.95. The van der Waals surface area contributed by atoms with E-state index in [4.69, 9.17) is 26.3 Å². The van der Waals surface area contributed by atoms with E-state index in [1.165, 1.54) is 0 Å². The van der Waals surface area contributed by atoms with E-state index in [1.807, 2.05) is 0 Å². The van der Waals surface area contributed by atoms with E-state index in [-0.39, 0.29) is 0 Å². The third-order valence-electron chi connectivity index (χ3n) is 7.95. The van der Waals surface area contributed by atoms with E-state index in [2.05, 4.69) is 0 Å². The maximum absolute atomic E-state index is 9.74. The van der Waals surface area contributed by atoms with Crippen LogP contribution in [0.4, 0.5) is 0 Å². The largest absolute Gasteiger partial charge is 0.456 e. The van der Waals surface area contributed by atoms with E-state index in [0.29, 0.717) is 0 Å². The molecular weight excluding hydrogens is 593 g/mol. The van der Waals surface area contributed by atoms with Crippen molar-refractivity contribution >= 4 is 54.3 Å². The van der Waals surface area contributed by atoms with Gasteiger partial charge < -0.3 is 4.42 Å². The van der Waals surface area contributed by atoms with Gasteiger partial charge in [0.25, 0.3) is 0 Å². The molecular formula is C48H30O. The van der Waals surface area contributed by atoms with Crippen molar-refractivity contribution in [1.29, 1.82) is 0 Å². The monoisotopic (exact) mass is 652 g/mol. The highest BCUT2D eigenvalue weighted by Gasteiger charge is 2.20. The summed E-state index contributed by atoms with van der Waals surface area (Å²) in [4.78, 5) is 0. The highest BCUT2D eigenvalue weighted by Crippen LogP contribution is 2.47. The number of furan rings is 1. The number of hydrogen-bond acceptors (Lipinski definition) is 1. The van der Waals surface area contributed by atoms with Gasteiger partial charge in [-0.05, 0) is 95.0 Å². The Kier molecular flexibility index (Phi) is 2.50. The average Bonchev–Trinajstić information content (AvgIpc) is 3.94. The lowest BCUT2D eigenvalue weighted by Crippen LogP contribution is -1.92.